The van der Waals surface area contributed by atoms with Crippen LogP contribution in [0.1, 0.15) is 234 Å². The fourth-order valence-electron chi connectivity index (χ4n) is 19.3. The molecule has 0 bridgehead atoms. The Bertz CT molecular complexity index is 5260. The topological polar surface area (TPSA) is 481 Å². The largest absolute Gasteiger partial charge is 0.481 e. The molecule has 0 spiro atoms. The number of allylic oxidation sites excluding steroid dienone is 1. The highest BCUT2D eigenvalue weighted by atomic mass is 16.4. The molecule has 10 atom stereocenters. The van der Waals surface area contributed by atoms with Gasteiger partial charge >= 0.3 is 5.97 Å². The molecule has 0 amide bonds. The van der Waals surface area contributed by atoms with Crippen molar-refractivity contribution in [3.05, 3.63) is 203 Å². The van der Waals surface area contributed by atoms with Crippen LogP contribution in [0, 0.1) is 34.6 Å². The first-order chi connectivity index (χ1) is 58.2. The minimum Gasteiger partial charge on any atom is -0.481 e. The molecule has 1 saturated carbocycles. The van der Waals surface area contributed by atoms with Gasteiger partial charge in [0, 0.05) is 127 Å². The number of aliphatic hydroxyl groups is 5. The Balaban J connectivity index is 0.000000121. The molecule has 30 heteroatoms. The maximum absolute atomic E-state index is 13.2. The number of nitrogens with zero attached hydrogens (tertiary/aromatic N) is 9. The van der Waals surface area contributed by atoms with Crippen LogP contribution < -0.4 is 55.3 Å². The second kappa shape index (κ2) is 36.9. The quantitative estimate of drug-likeness (QED) is 0.0761. The SMILES string of the molecule is C.Cc1cccc2c1NCCC2C(=O)O.Cc1cccc2c1NCC[C@@H]2C(=O)n1nc(N)c2c1C[C@H](O)CC2.Cc1cccc2c1NCC[C@@H]2C(=O)n1nc2c(c1N)CC[C@@H](O)C2.Cc1cccc2c1NCC[C@H]2C(=O)n1nc(N)c2c1C[C@H](O)CC2.Cc1cccc2c1NCC[C@H]2C(=O)n1nc2c(c1N)CC[C@@H](O)C2.NC1=C2CC[C@@H](O)CC2=NC1. The Morgan fingerprint density at radius 1 is 0.361 bits per heavy atom. The minimum absolute atomic E-state index is 0. The van der Waals surface area contributed by atoms with Gasteiger partial charge in [-0.15, -0.1) is 10.2 Å². The van der Waals surface area contributed by atoms with E-state index in [0.29, 0.717) is 120 Å². The van der Waals surface area contributed by atoms with E-state index < -0.39 is 30.4 Å². The molecule has 30 nitrogen and oxygen atoms in total. The first kappa shape index (κ1) is 86.7. The van der Waals surface area contributed by atoms with Gasteiger partial charge in [-0.3, -0.25) is 29.0 Å². The van der Waals surface area contributed by atoms with Gasteiger partial charge in [-0.2, -0.15) is 19.6 Å². The lowest BCUT2D eigenvalue weighted by atomic mass is 9.88. The third-order valence-corrected chi connectivity index (χ3v) is 25.8. The van der Waals surface area contributed by atoms with Crippen LogP contribution in [0.3, 0.4) is 0 Å². The lowest BCUT2D eigenvalue weighted by Crippen LogP contribution is -2.30. The van der Waals surface area contributed by atoms with Gasteiger partial charge in [0.1, 0.15) is 23.3 Å². The highest BCUT2D eigenvalue weighted by Gasteiger charge is 2.39. The molecule has 122 heavy (non-hydrogen) atoms. The molecule has 10 heterocycles. The second-order valence-electron chi connectivity index (χ2n) is 33.9. The van der Waals surface area contributed by atoms with Crippen molar-refractivity contribution in [2.45, 2.75) is 231 Å². The summed E-state index contributed by atoms with van der Waals surface area (Å²) in [4.78, 5) is 67.9. The predicted molar refractivity (Wildman–Crippen MR) is 474 cm³/mol. The monoisotopic (exact) mass is 1660 g/mol. The standard InChI is InChI=1S/4C18H22N4O2.C11H13NO2.C8H12N2O.CH4/c2*1-10-3-2-4-12-13(7-8-20-16(10)12)18(24)22-15-9-11(23)5-6-14(15)17(19)21-22;2*1-10-3-2-4-12-13(7-8-20-16(10)12)18(24)22-17(19)14-6-5-11(23)9-15(14)21-22;1-7-3-2-4-8-9(11(13)14)5-6-12-10(7)8;9-7-4-10-8-3-5(11)1-2-6(7)8;/h2*2-4,11,13,20,23H,5-9H2,1H3,(H2,19,21);2*2-4,11,13,20,23H,5-9,19H2,1H3;2-4,9,12H,5-6H2,1H3,(H,13,14);5,11H,1-4,9H2;1H4/t11-,13+;11-,13-;11-,13+;11-,13-;;5-;/m1111.1./s1. The van der Waals surface area contributed by atoms with E-state index in [0.717, 1.165) is 212 Å². The molecule has 1 fully saturated rings. The summed E-state index contributed by atoms with van der Waals surface area (Å²) in [7, 11) is 0. The van der Waals surface area contributed by atoms with Gasteiger partial charge in [-0.05, 0) is 192 Å². The van der Waals surface area contributed by atoms with E-state index in [2.05, 4.69) is 52.0 Å². The van der Waals surface area contributed by atoms with Crippen molar-refractivity contribution >= 4 is 87.0 Å². The number of aliphatic carboxylic acids is 1. The first-order valence-electron chi connectivity index (χ1n) is 42.6. The predicted octanol–water partition coefficient (Wildman–Crippen LogP) is 10.3. The van der Waals surface area contributed by atoms with E-state index in [1.165, 1.54) is 24.3 Å². The van der Waals surface area contributed by atoms with Crippen LogP contribution in [0.15, 0.2) is 107 Å². The highest BCUT2D eigenvalue weighted by Crippen LogP contribution is 2.43. The molecule has 20 rings (SSSR count). The molecule has 4 aromatic heterocycles. The van der Waals surface area contributed by atoms with E-state index in [-0.39, 0.29) is 66.7 Å². The van der Waals surface area contributed by atoms with E-state index >= 15 is 0 Å². The van der Waals surface area contributed by atoms with Crippen LogP contribution in [-0.4, -0.2) is 175 Å². The van der Waals surface area contributed by atoms with Crippen molar-refractivity contribution < 1.29 is 54.6 Å². The van der Waals surface area contributed by atoms with Gasteiger partial charge in [0.05, 0.1) is 89.4 Å². The average molecular weight is 1670 g/mol. The summed E-state index contributed by atoms with van der Waals surface area (Å²) in [6.45, 7) is 14.6. The summed E-state index contributed by atoms with van der Waals surface area (Å²) in [5, 5.41) is 92.2. The van der Waals surface area contributed by atoms with Crippen LogP contribution in [0.4, 0.5) is 51.7 Å². The smallest absolute Gasteiger partial charge is 0.311 e. The zero-order chi connectivity index (χ0) is 85.4. The van der Waals surface area contributed by atoms with Crippen molar-refractivity contribution in [2.75, 3.05) is 88.8 Å². The van der Waals surface area contributed by atoms with E-state index in [4.69, 9.17) is 33.8 Å². The fraction of sp³-hybridized carbons (Fsp3) is 0.457. The van der Waals surface area contributed by atoms with Gasteiger partial charge < -0.3 is 85.9 Å². The molecule has 9 aromatic rings. The van der Waals surface area contributed by atoms with Crippen molar-refractivity contribution in [1.82, 2.24) is 39.1 Å². The Kier molecular flexibility index (Phi) is 26.2. The summed E-state index contributed by atoms with van der Waals surface area (Å²) in [5.74, 6) is -0.553. The number of para-hydroxylation sites is 5. The molecule has 646 valence electrons. The number of aliphatic hydroxyl groups excluding tert-OH is 5. The average Bonchev–Trinajstić information content (AvgIpc) is 1.52. The van der Waals surface area contributed by atoms with E-state index in [1.54, 1.807) is 0 Å². The Morgan fingerprint density at radius 3 is 0.984 bits per heavy atom. The lowest BCUT2D eigenvalue weighted by Gasteiger charge is -2.27. The van der Waals surface area contributed by atoms with E-state index in [1.807, 2.05) is 126 Å². The summed E-state index contributed by atoms with van der Waals surface area (Å²) in [6, 6.07) is 29.9. The van der Waals surface area contributed by atoms with Crippen LogP contribution in [-0.2, 0) is 56.2 Å². The molecule has 0 saturated heterocycles. The number of aliphatic imine (C=N–C) groups is 1. The number of benzene rings is 5. The van der Waals surface area contributed by atoms with Crippen molar-refractivity contribution in [3.63, 3.8) is 0 Å². The fourth-order valence-corrected chi connectivity index (χ4v) is 19.3. The third kappa shape index (κ3) is 17.6. The maximum Gasteiger partial charge on any atom is 0.311 e. The summed E-state index contributed by atoms with van der Waals surface area (Å²) in [5.41, 5.74) is 56.0. The summed E-state index contributed by atoms with van der Waals surface area (Å²) in [6.07, 6.45) is 11.4. The number of hydrogen-bond donors (Lipinski definition) is 16. The Hall–Kier alpha value is -11.7. The molecule has 1 unspecified atom stereocenters. The Labute approximate surface area is 710 Å². The number of rotatable bonds is 5. The summed E-state index contributed by atoms with van der Waals surface area (Å²) >= 11 is 0. The summed E-state index contributed by atoms with van der Waals surface area (Å²) < 4.78 is 5.64. The van der Waals surface area contributed by atoms with E-state index in [9.17, 15) is 49.5 Å². The number of carbonyl (C=O) groups is 5. The molecule has 5 aromatic carbocycles. The number of nitrogens with two attached hydrogens (primary N) is 5. The maximum atomic E-state index is 13.2. The zero-order valence-corrected chi connectivity index (χ0v) is 69.5. The van der Waals surface area contributed by atoms with Crippen LogP contribution in [0.2, 0.25) is 0 Å². The molecular formula is C92H117N19O11. The Morgan fingerprint density at radius 2 is 0.648 bits per heavy atom. The number of hydrogen-bond acceptors (Lipinski definition) is 25. The van der Waals surface area contributed by atoms with Crippen molar-refractivity contribution in [3.8, 4) is 0 Å². The molecule has 21 N–H and O–H groups in total. The normalized spacial score (nSPS) is 22.6. The van der Waals surface area contributed by atoms with Crippen molar-refractivity contribution in [2.24, 2.45) is 10.7 Å². The van der Waals surface area contributed by atoms with Gasteiger partial charge in [-0.25, -0.2) is 9.36 Å². The van der Waals surface area contributed by atoms with Gasteiger partial charge in [-0.1, -0.05) is 98.4 Å². The highest BCUT2D eigenvalue weighted by molar-refractivity contribution is 6.03. The van der Waals surface area contributed by atoms with Gasteiger partial charge in [0.2, 0.25) is 0 Å². The molecule has 0 radical (unpaired) electrons. The van der Waals surface area contributed by atoms with Crippen LogP contribution >= 0.6 is 0 Å². The second-order valence-corrected chi connectivity index (χ2v) is 33.9. The number of anilines is 9. The molecule has 11 aliphatic rings. The number of nitrogens with one attached hydrogen (secondary N) is 5. The number of aromatic nitrogens is 8. The number of nitrogen functional groups attached to an aromatic ring is 4. The first-order valence-corrected chi connectivity index (χ1v) is 42.6. The number of carbonyl (C=O) groups excluding carboxylic acids is 4. The molecule has 6 aliphatic heterocycles. The zero-order valence-electron chi connectivity index (χ0n) is 69.5. The minimum atomic E-state index is -0.724. The number of carboxylic acids is 1. The number of fused-ring (bicyclic) bond motifs is 10. The molecular weight excluding hydrogens is 1550 g/mol. The van der Waals surface area contributed by atoms with Crippen LogP contribution in [0.25, 0.3) is 0 Å². The van der Waals surface area contributed by atoms with Crippen molar-refractivity contribution in [1.29, 1.82) is 0 Å². The third-order valence-electron chi connectivity index (χ3n) is 25.8. The number of aryl methyl sites for hydroxylation is 5. The lowest BCUT2D eigenvalue weighted by molar-refractivity contribution is -0.139. The van der Waals surface area contributed by atoms with Gasteiger partial charge in [0.15, 0.2) is 0 Å². The number of carboxylic acid groups (broad SMARTS) is 1. The van der Waals surface area contributed by atoms with Gasteiger partial charge in [0.25, 0.3) is 23.6 Å². The van der Waals surface area contributed by atoms with Crippen LogP contribution in [0.5, 0.6) is 0 Å². The molecule has 5 aliphatic carbocycles.